The van der Waals surface area contributed by atoms with Crippen molar-refractivity contribution in [3.8, 4) is 5.75 Å². The van der Waals surface area contributed by atoms with Crippen LogP contribution in [0.2, 0.25) is 0 Å². The van der Waals surface area contributed by atoms with Gasteiger partial charge in [-0.1, -0.05) is 31.0 Å². The number of unbranched alkanes of at least 4 members (excludes halogenated alkanes) is 3. The van der Waals surface area contributed by atoms with Crippen LogP contribution in [0.5, 0.6) is 5.75 Å². The second-order valence-electron chi connectivity index (χ2n) is 5.68. The van der Waals surface area contributed by atoms with Crippen LogP contribution in [0.4, 0.5) is 0 Å². The summed E-state index contributed by atoms with van der Waals surface area (Å²) in [4.78, 5) is 23.2. The normalized spacial score (nSPS) is 15.6. The summed E-state index contributed by atoms with van der Waals surface area (Å²) in [7, 11) is 0. The van der Waals surface area contributed by atoms with Gasteiger partial charge in [0.1, 0.15) is 5.75 Å². The van der Waals surface area contributed by atoms with E-state index in [4.69, 9.17) is 9.47 Å². The minimum atomic E-state index is -0.406. The van der Waals surface area contributed by atoms with Gasteiger partial charge in [0.15, 0.2) is 6.10 Å². The van der Waals surface area contributed by atoms with Crippen molar-refractivity contribution in [1.29, 1.82) is 0 Å². The quantitative estimate of drug-likeness (QED) is 0.561. The molecule has 1 N–H and O–H groups in total. The molecule has 0 aliphatic carbocycles. The summed E-state index contributed by atoms with van der Waals surface area (Å²) >= 11 is 0. The van der Waals surface area contributed by atoms with E-state index >= 15 is 0 Å². The van der Waals surface area contributed by atoms with E-state index in [-0.39, 0.29) is 11.9 Å². The average Bonchev–Trinajstić information content (AvgIpc) is 2.98. The number of hydrogen-bond donors (Lipinski definition) is 1. The summed E-state index contributed by atoms with van der Waals surface area (Å²) in [5, 5.41) is 2.92. The van der Waals surface area contributed by atoms with Crippen molar-refractivity contribution in [3.05, 3.63) is 29.8 Å². The number of carbonyl (C=O) groups excluding carboxylic acids is 2. The molecule has 1 atom stereocenters. The molecule has 0 fully saturated rings. The molecule has 1 amide bonds. The third-order valence-corrected chi connectivity index (χ3v) is 3.85. The summed E-state index contributed by atoms with van der Waals surface area (Å²) in [6.07, 6.45) is 4.43. The number of fused-ring (bicyclic) bond motifs is 1. The number of amides is 1. The molecule has 1 unspecified atom stereocenters. The highest BCUT2D eigenvalue weighted by Crippen LogP contribution is 2.28. The highest BCUT2D eigenvalue weighted by molar-refractivity contribution is 5.82. The van der Waals surface area contributed by atoms with Gasteiger partial charge in [0.2, 0.25) is 0 Å². The molecule has 2 rings (SSSR count). The Kier molecular flexibility index (Phi) is 6.91. The van der Waals surface area contributed by atoms with E-state index < -0.39 is 6.10 Å². The number of ether oxygens (including phenoxy) is 2. The van der Waals surface area contributed by atoms with Gasteiger partial charge < -0.3 is 14.8 Å². The first-order chi connectivity index (χ1) is 11.2. The standard InChI is InChI=1S/C18H25NO4/c1-2-22-17(20)11-5-3-4-8-12-19-18(21)16-13-14-9-6-7-10-15(14)23-16/h6-7,9-10,16H,2-5,8,11-13H2,1H3,(H,19,21). The Morgan fingerprint density at radius 1 is 1.22 bits per heavy atom. The number of benzene rings is 1. The van der Waals surface area contributed by atoms with Gasteiger partial charge in [0.25, 0.3) is 5.91 Å². The smallest absolute Gasteiger partial charge is 0.305 e. The predicted molar refractivity (Wildman–Crippen MR) is 87.3 cm³/mol. The van der Waals surface area contributed by atoms with Crippen molar-refractivity contribution in [2.24, 2.45) is 0 Å². The van der Waals surface area contributed by atoms with Crippen molar-refractivity contribution in [2.75, 3.05) is 13.2 Å². The van der Waals surface area contributed by atoms with Crippen molar-refractivity contribution < 1.29 is 19.1 Å². The number of esters is 1. The lowest BCUT2D eigenvalue weighted by molar-refractivity contribution is -0.143. The largest absolute Gasteiger partial charge is 0.480 e. The maximum Gasteiger partial charge on any atom is 0.305 e. The molecular formula is C18H25NO4. The fourth-order valence-corrected chi connectivity index (χ4v) is 2.63. The first kappa shape index (κ1) is 17.3. The van der Waals surface area contributed by atoms with Crippen LogP contribution in [0.15, 0.2) is 24.3 Å². The monoisotopic (exact) mass is 319 g/mol. The van der Waals surface area contributed by atoms with Gasteiger partial charge in [-0.25, -0.2) is 0 Å². The van der Waals surface area contributed by atoms with Crippen LogP contribution in [0, 0.1) is 0 Å². The molecule has 1 heterocycles. The zero-order chi connectivity index (χ0) is 16.5. The van der Waals surface area contributed by atoms with Crippen LogP contribution >= 0.6 is 0 Å². The highest BCUT2D eigenvalue weighted by Gasteiger charge is 2.28. The topological polar surface area (TPSA) is 64.6 Å². The summed E-state index contributed by atoms with van der Waals surface area (Å²) in [6.45, 7) is 2.90. The predicted octanol–water partition coefficient (Wildman–Crippen LogP) is 2.62. The van der Waals surface area contributed by atoms with Gasteiger partial charge in [-0.2, -0.15) is 0 Å². The third kappa shape index (κ3) is 5.58. The minimum Gasteiger partial charge on any atom is -0.480 e. The van der Waals surface area contributed by atoms with E-state index in [1.54, 1.807) is 0 Å². The maximum atomic E-state index is 12.1. The van der Waals surface area contributed by atoms with Crippen LogP contribution < -0.4 is 10.1 Å². The number of hydrogen-bond acceptors (Lipinski definition) is 4. The second kappa shape index (κ2) is 9.18. The Hall–Kier alpha value is -2.04. The van der Waals surface area contributed by atoms with Crippen LogP contribution in [0.3, 0.4) is 0 Å². The van der Waals surface area contributed by atoms with Crippen LogP contribution in [-0.2, 0) is 20.7 Å². The summed E-state index contributed by atoms with van der Waals surface area (Å²) in [6, 6.07) is 7.76. The highest BCUT2D eigenvalue weighted by atomic mass is 16.5. The average molecular weight is 319 g/mol. The molecule has 1 aromatic rings. The van der Waals surface area contributed by atoms with Crippen LogP contribution in [-0.4, -0.2) is 31.1 Å². The number of nitrogens with one attached hydrogen (secondary N) is 1. The lowest BCUT2D eigenvalue weighted by atomic mass is 10.1. The lowest BCUT2D eigenvalue weighted by Gasteiger charge is -2.11. The molecule has 1 aliphatic rings. The Bertz CT molecular complexity index is 505. The Morgan fingerprint density at radius 3 is 2.78 bits per heavy atom. The van der Waals surface area contributed by atoms with Crippen LogP contribution in [0.1, 0.15) is 44.6 Å². The molecule has 0 saturated heterocycles. The lowest BCUT2D eigenvalue weighted by Crippen LogP contribution is -2.37. The van der Waals surface area contributed by atoms with Gasteiger partial charge in [-0.15, -0.1) is 0 Å². The van der Waals surface area contributed by atoms with E-state index in [1.807, 2.05) is 31.2 Å². The molecule has 5 nitrogen and oxygen atoms in total. The molecule has 1 aromatic carbocycles. The molecule has 0 saturated carbocycles. The van der Waals surface area contributed by atoms with Crippen LogP contribution in [0.25, 0.3) is 0 Å². The Morgan fingerprint density at radius 2 is 2.00 bits per heavy atom. The summed E-state index contributed by atoms with van der Waals surface area (Å²) in [5.41, 5.74) is 1.09. The Balaban J connectivity index is 1.52. The fraction of sp³-hybridized carbons (Fsp3) is 0.556. The number of rotatable bonds is 9. The summed E-state index contributed by atoms with van der Waals surface area (Å²) < 4.78 is 10.5. The van der Waals surface area contributed by atoms with E-state index in [0.29, 0.717) is 26.0 Å². The molecule has 0 spiro atoms. The van der Waals surface area contributed by atoms with E-state index in [9.17, 15) is 9.59 Å². The SMILES string of the molecule is CCOC(=O)CCCCCCNC(=O)C1Cc2ccccc2O1. The molecular weight excluding hydrogens is 294 g/mol. The van der Waals surface area contributed by atoms with Crippen molar-refractivity contribution in [3.63, 3.8) is 0 Å². The van der Waals surface area contributed by atoms with Crippen molar-refractivity contribution in [1.82, 2.24) is 5.32 Å². The molecule has 0 radical (unpaired) electrons. The van der Waals surface area contributed by atoms with Gasteiger partial charge in [0, 0.05) is 19.4 Å². The second-order valence-corrected chi connectivity index (χ2v) is 5.68. The number of carbonyl (C=O) groups is 2. The zero-order valence-corrected chi connectivity index (χ0v) is 13.7. The van der Waals surface area contributed by atoms with Crippen molar-refractivity contribution >= 4 is 11.9 Å². The fourth-order valence-electron chi connectivity index (χ4n) is 2.63. The Labute approximate surface area is 137 Å². The van der Waals surface area contributed by atoms with E-state index in [0.717, 1.165) is 37.0 Å². The van der Waals surface area contributed by atoms with Gasteiger partial charge in [0.05, 0.1) is 6.61 Å². The molecule has 126 valence electrons. The molecule has 23 heavy (non-hydrogen) atoms. The van der Waals surface area contributed by atoms with Gasteiger partial charge in [-0.05, 0) is 31.4 Å². The van der Waals surface area contributed by atoms with E-state index in [1.165, 1.54) is 0 Å². The molecule has 0 aromatic heterocycles. The first-order valence-corrected chi connectivity index (χ1v) is 8.38. The van der Waals surface area contributed by atoms with Crippen molar-refractivity contribution in [2.45, 2.75) is 51.6 Å². The molecule has 5 heteroatoms. The molecule has 1 aliphatic heterocycles. The first-order valence-electron chi connectivity index (χ1n) is 8.38. The van der Waals surface area contributed by atoms with Gasteiger partial charge in [-0.3, -0.25) is 9.59 Å². The number of para-hydroxylation sites is 1. The minimum absolute atomic E-state index is 0.0484. The maximum absolute atomic E-state index is 12.1. The third-order valence-electron chi connectivity index (χ3n) is 3.85. The van der Waals surface area contributed by atoms with Gasteiger partial charge >= 0.3 is 5.97 Å². The molecule has 0 bridgehead atoms. The summed E-state index contributed by atoms with van der Waals surface area (Å²) in [5.74, 6) is 0.637. The van der Waals surface area contributed by atoms with E-state index in [2.05, 4.69) is 5.32 Å². The zero-order valence-electron chi connectivity index (χ0n) is 13.7.